The predicted octanol–water partition coefficient (Wildman–Crippen LogP) is -0.390. The first-order valence-electron chi connectivity index (χ1n) is 5.86. The summed E-state index contributed by atoms with van der Waals surface area (Å²) in [4.78, 5) is 2.05. The molecule has 1 unspecified atom stereocenters. The van der Waals surface area contributed by atoms with Crippen molar-refractivity contribution in [1.82, 2.24) is 14.9 Å². The van der Waals surface area contributed by atoms with E-state index in [0.29, 0.717) is 13.1 Å². The lowest BCUT2D eigenvalue weighted by Crippen LogP contribution is -2.44. The number of rotatable bonds is 6. The van der Waals surface area contributed by atoms with Gasteiger partial charge in [0.1, 0.15) is 0 Å². The fourth-order valence-electron chi connectivity index (χ4n) is 1.81. The van der Waals surface area contributed by atoms with E-state index in [0.717, 1.165) is 32.4 Å². The topological polar surface area (TPSA) is 61.4 Å². The fourth-order valence-corrected chi connectivity index (χ4v) is 3.29. The number of sulfonamides is 1. The third kappa shape index (κ3) is 4.78. The summed E-state index contributed by atoms with van der Waals surface area (Å²) >= 11 is 0. The fraction of sp³-hybridized carbons (Fsp3) is 1.00. The molecule has 1 fully saturated rings. The summed E-state index contributed by atoms with van der Waals surface area (Å²) in [5.41, 5.74) is 0. The molecule has 2 N–H and O–H groups in total. The second-order valence-corrected chi connectivity index (χ2v) is 6.61. The van der Waals surface area contributed by atoms with Gasteiger partial charge in [-0.1, -0.05) is 0 Å². The monoisotopic (exact) mass is 249 g/mol. The van der Waals surface area contributed by atoms with Crippen molar-refractivity contribution in [3.05, 3.63) is 0 Å². The van der Waals surface area contributed by atoms with E-state index in [1.165, 1.54) is 0 Å². The van der Waals surface area contributed by atoms with Gasteiger partial charge in [-0.2, -0.15) is 0 Å². The first-order valence-corrected chi connectivity index (χ1v) is 7.41. The molecule has 16 heavy (non-hydrogen) atoms. The molecule has 0 aliphatic carbocycles. The van der Waals surface area contributed by atoms with Gasteiger partial charge in [0, 0.05) is 13.1 Å². The highest BCUT2D eigenvalue weighted by Gasteiger charge is 2.26. The lowest BCUT2D eigenvalue weighted by atomic mass is 10.2. The van der Waals surface area contributed by atoms with Crippen LogP contribution in [0.1, 0.15) is 19.3 Å². The van der Waals surface area contributed by atoms with Gasteiger partial charge in [-0.3, -0.25) is 0 Å². The largest absolute Gasteiger partial charge is 0.315 e. The van der Waals surface area contributed by atoms with Crippen molar-refractivity contribution in [2.75, 3.05) is 40.3 Å². The molecule has 0 bridgehead atoms. The van der Waals surface area contributed by atoms with Crippen LogP contribution in [0.4, 0.5) is 0 Å². The van der Waals surface area contributed by atoms with Gasteiger partial charge in [0.25, 0.3) is 0 Å². The molecule has 1 aliphatic heterocycles. The Morgan fingerprint density at radius 1 is 1.44 bits per heavy atom. The standard InChI is InChI=1S/C10H23N3O2S/c1-13(2)8-4-7-12-16(14,15)10-5-3-6-11-9-10/h10-12H,3-9H2,1-2H3. The van der Waals surface area contributed by atoms with Crippen molar-refractivity contribution >= 4 is 10.0 Å². The minimum atomic E-state index is -3.11. The first kappa shape index (κ1) is 13.9. The summed E-state index contributed by atoms with van der Waals surface area (Å²) in [7, 11) is 0.859. The molecule has 96 valence electrons. The number of hydrogen-bond acceptors (Lipinski definition) is 4. The van der Waals surface area contributed by atoms with E-state index in [-0.39, 0.29) is 5.25 Å². The zero-order valence-electron chi connectivity index (χ0n) is 10.2. The Morgan fingerprint density at radius 3 is 2.75 bits per heavy atom. The van der Waals surface area contributed by atoms with Crippen LogP contribution in [-0.2, 0) is 10.0 Å². The highest BCUT2D eigenvalue weighted by Crippen LogP contribution is 2.10. The highest BCUT2D eigenvalue weighted by molar-refractivity contribution is 7.90. The Morgan fingerprint density at radius 2 is 2.19 bits per heavy atom. The van der Waals surface area contributed by atoms with E-state index in [1.807, 2.05) is 14.1 Å². The molecule has 0 spiro atoms. The van der Waals surface area contributed by atoms with Crippen molar-refractivity contribution in [2.24, 2.45) is 0 Å². The Bertz CT molecular complexity index is 284. The maximum atomic E-state index is 11.9. The quantitative estimate of drug-likeness (QED) is 0.629. The molecule has 1 heterocycles. The van der Waals surface area contributed by atoms with Crippen LogP contribution in [-0.4, -0.2) is 58.8 Å². The SMILES string of the molecule is CN(C)CCCNS(=O)(=O)C1CCCNC1. The second kappa shape index (κ2) is 6.54. The van der Waals surface area contributed by atoms with Crippen LogP contribution in [0.2, 0.25) is 0 Å². The molecule has 1 aliphatic rings. The van der Waals surface area contributed by atoms with E-state index in [1.54, 1.807) is 0 Å². The van der Waals surface area contributed by atoms with Gasteiger partial charge < -0.3 is 10.2 Å². The number of hydrogen-bond donors (Lipinski definition) is 2. The van der Waals surface area contributed by atoms with E-state index >= 15 is 0 Å². The maximum Gasteiger partial charge on any atom is 0.215 e. The maximum absolute atomic E-state index is 11.9. The number of nitrogens with zero attached hydrogens (tertiary/aromatic N) is 1. The molecule has 1 atom stereocenters. The van der Waals surface area contributed by atoms with Gasteiger partial charge in [0.2, 0.25) is 10.0 Å². The zero-order chi connectivity index (χ0) is 12.0. The predicted molar refractivity (Wildman–Crippen MR) is 66.0 cm³/mol. The van der Waals surface area contributed by atoms with Crippen LogP contribution in [0.15, 0.2) is 0 Å². The first-order chi connectivity index (χ1) is 7.52. The molecular weight excluding hydrogens is 226 g/mol. The van der Waals surface area contributed by atoms with E-state index in [4.69, 9.17) is 0 Å². The smallest absolute Gasteiger partial charge is 0.215 e. The van der Waals surface area contributed by atoms with Gasteiger partial charge in [0.15, 0.2) is 0 Å². The summed E-state index contributed by atoms with van der Waals surface area (Å²) in [6, 6.07) is 0. The molecule has 1 saturated heterocycles. The van der Waals surface area contributed by atoms with E-state index < -0.39 is 10.0 Å². The van der Waals surface area contributed by atoms with E-state index in [2.05, 4.69) is 14.9 Å². The Labute approximate surface area is 98.6 Å². The van der Waals surface area contributed by atoms with Crippen LogP contribution in [0, 0.1) is 0 Å². The van der Waals surface area contributed by atoms with Gasteiger partial charge in [-0.15, -0.1) is 0 Å². The van der Waals surface area contributed by atoms with Gasteiger partial charge in [0.05, 0.1) is 5.25 Å². The Balaban J connectivity index is 2.27. The lowest BCUT2D eigenvalue weighted by Gasteiger charge is -2.23. The molecule has 0 radical (unpaired) electrons. The van der Waals surface area contributed by atoms with Gasteiger partial charge in [-0.25, -0.2) is 13.1 Å². The van der Waals surface area contributed by atoms with Gasteiger partial charge in [-0.05, 0) is 46.4 Å². The van der Waals surface area contributed by atoms with Crippen molar-refractivity contribution in [2.45, 2.75) is 24.5 Å². The zero-order valence-corrected chi connectivity index (χ0v) is 11.0. The molecule has 0 saturated carbocycles. The van der Waals surface area contributed by atoms with Crippen LogP contribution in [0.5, 0.6) is 0 Å². The third-order valence-corrected chi connectivity index (χ3v) is 4.66. The average molecular weight is 249 g/mol. The van der Waals surface area contributed by atoms with Gasteiger partial charge >= 0.3 is 0 Å². The minimum Gasteiger partial charge on any atom is -0.315 e. The van der Waals surface area contributed by atoms with Crippen molar-refractivity contribution in [1.29, 1.82) is 0 Å². The molecule has 1 rings (SSSR count). The Hall–Kier alpha value is -0.170. The van der Waals surface area contributed by atoms with E-state index in [9.17, 15) is 8.42 Å². The van der Waals surface area contributed by atoms with Crippen molar-refractivity contribution in [3.8, 4) is 0 Å². The second-order valence-electron chi connectivity index (χ2n) is 4.56. The van der Waals surface area contributed by atoms with Crippen LogP contribution >= 0.6 is 0 Å². The third-order valence-electron chi connectivity index (χ3n) is 2.78. The summed E-state index contributed by atoms with van der Waals surface area (Å²) < 4.78 is 26.4. The molecular formula is C10H23N3O2S. The molecule has 6 heteroatoms. The summed E-state index contributed by atoms with van der Waals surface area (Å²) in [5, 5.41) is 2.87. The van der Waals surface area contributed by atoms with Crippen LogP contribution in [0.25, 0.3) is 0 Å². The lowest BCUT2D eigenvalue weighted by molar-refractivity contribution is 0.399. The average Bonchev–Trinajstić information content (AvgIpc) is 2.26. The summed E-state index contributed by atoms with van der Waals surface area (Å²) in [5.74, 6) is 0. The molecule has 0 aromatic carbocycles. The summed E-state index contributed by atoms with van der Waals surface area (Å²) in [6.07, 6.45) is 2.58. The molecule has 0 amide bonds. The van der Waals surface area contributed by atoms with Crippen molar-refractivity contribution < 1.29 is 8.42 Å². The summed E-state index contributed by atoms with van der Waals surface area (Å²) in [6.45, 7) is 2.97. The molecule has 5 nitrogen and oxygen atoms in total. The normalized spacial score (nSPS) is 22.6. The minimum absolute atomic E-state index is 0.249. The van der Waals surface area contributed by atoms with Crippen molar-refractivity contribution in [3.63, 3.8) is 0 Å². The number of nitrogens with one attached hydrogen (secondary N) is 2. The van der Waals surface area contributed by atoms with Crippen LogP contribution < -0.4 is 10.0 Å². The highest BCUT2D eigenvalue weighted by atomic mass is 32.2. The Kier molecular flexibility index (Phi) is 5.68. The van der Waals surface area contributed by atoms with Crippen LogP contribution in [0.3, 0.4) is 0 Å². The molecule has 0 aromatic heterocycles. The number of piperidine rings is 1. The molecule has 0 aromatic rings.